The first-order chi connectivity index (χ1) is 9.72. The van der Waals surface area contributed by atoms with Crippen LogP contribution < -0.4 is 5.32 Å². The van der Waals surface area contributed by atoms with E-state index >= 15 is 0 Å². The molecule has 1 N–H and O–H groups in total. The fourth-order valence-electron chi connectivity index (χ4n) is 3.18. The third-order valence-corrected chi connectivity index (χ3v) is 4.68. The van der Waals surface area contributed by atoms with Crippen molar-refractivity contribution in [2.24, 2.45) is 5.92 Å². The zero-order valence-corrected chi connectivity index (χ0v) is 15.4. The standard InChI is InChI=1S/C15H29N3O2.2ClH/c1-13(17-9-11-20-12-10-17)15(19)18-7-4-14(5-8-18)3-6-16-2;;/h13-14,16H,3-12H2,1-2H3;2*1H. The van der Waals surface area contributed by atoms with Gasteiger partial charge in [-0.2, -0.15) is 0 Å². The zero-order chi connectivity index (χ0) is 14.4. The maximum atomic E-state index is 12.5. The Kier molecular flexibility index (Phi) is 11.4. The highest BCUT2D eigenvalue weighted by atomic mass is 35.5. The summed E-state index contributed by atoms with van der Waals surface area (Å²) in [5.74, 6) is 1.09. The number of nitrogens with zero attached hydrogens (tertiary/aromatic N) is 2. The quantitative estimate of drug-likeness (QED) is 0.809. The molecule has 0 saturated carbocycles. The molecule has 2 fully saturated rings. The molecule has 0 radical (unpaired) electrons. The van der Waals surface area contributed by atoms with Gasteiger partial charge in [0, 0.05) is 26.2 Å². The molecule has 1 atom stereocenters. The molecule has 0 aliphatic carbocycles. The van der Waals surface area contributed by atoms with E-state index in [1.807, 2.05) is 14.0 Å². The lowest BCUT2D eigenvalue weighted by molar-refractivity contribution is -0.139. The number of hydrogen-bond acceptors (Lipinski definition) is 4. The van der Waals surface area contributed by atoms with Gasteiger partial charge in [-0.1, -0.05) is 0 Å². The Morgan fingerprint density at radius 1 is 1.18 bits per heavy atom. The normalized spacial score (nSPS) is 21.6. The van der Waals surface area contributed by atoms with Crippen molar-refractivity contribution in [1.82, 2.24) is 15.1 Å². The van der Waals surface area contributed by atoms with Gasteiger partial charge < -0.3 is 15.0 Å². The summed E-state index contributed by atoms with van der Waals surface area (Å²) in [5.41, 5.74) is 0. The molecule has 0 aromatic heterocycles. The Hall–Kier alpha value is -0.0700. The van der Waals surface area contributed by atoms with Gasteiger partial charge in [-0.3, -0.25) is 9.69 Å². The number of piperidine rings is 1. The van der Waals surface area contributed by atoms with E-state index in [9.17, 15) is 4.79 Å². The van der Waals surface area contributed by atoms with Crippen molar-refractivity contribution in [3.8, 4) is 0 Å². The van der Waals surface area contributed by atoms with Crippen LogP contribution >= 0.6 is 24.8 Å². The molecule has 0 spiro atoms. The second-order valence-corrected chi connectivity index (χ2v) is 5.99. The van der Waals surface area contributed by atoms with E-state index in [0.29, 0.717) is 5.91 Å². The monoisotopic (exact) mass is 355 g/mol. The lowest BCUT2D eigenvalue weighted by Gasteiger charge is -2.37. The van der Waals surface area contributed by atoms with Gasteiger partial charge in [0.05, 0.1) is 19.3 Å². The molecule has 7 heteroatoms. The van der Waals surface area contributed by atoms with Crippen LogP contribution in [0.1, 0.15) is 26.2 Å². The minimum Gasteiger partial charge on any atom is -0.379 e. The van der Waals surface area contributed by atoms with E-state index in [1.165, 1.54) is 6.42 Å². The average Bonchev–Trinajstić information content (AvgIpc) is 2.53. The van der Waals surface area contributed by atoms with Crippen LogP contribution in [0.25, 0.3) is 0 Å². The average molecular weight is 356 g/mol. The second kappa shape index (κ2) is 11.5. The SMILES string of the molecule is CNCCC1CCN(C(=O)C(C)N2CCOCC2)CC1.Cl.Cl. The van der Waals surface area contributed by atoms with E-state index in [0.717, 1.165) is 64.7 Å². The largest absolute Gasteiger partial charge is 0.379 e. The number of nitrogens with one attached hydrogen (secondary N) is 1. The summed E-state index contributed by atoms with van der Waals surface area (Å²) in [6.07, 6.45) is 3.55. The van der Waals surface area contributed by atoms with Crippen LogP contribution in [-0.4, -0.2) is 74.7 Å². The Morgan fingerprint density at radius 3 is 2.32 bits per heavy atom. The van der Waals surface area contributed by atoms with Crippen LogP contribution in [0.2, 0.25) is 0 Å². The molecule has 0 aromatic carbocycles. The van der Waals surface area contributed by atoms with Gasteiger partial charge >= 0.3 is 0 Å². The Bertz CT molecular complexity index is 307. The molecule has 2 saturated heterocycles. The van der Waals surface area contributed by atoms with Crippen molar-refractivity contribution >= 4 is 30.7 Å². The van der Waals surface area contributed by atoms with Crippen LogP contribution in [0.4, 0.5) is 0 Å². The summed E-state index contributed by atoms with van der Waals surface area (Å²) in [6.45, 7) is 8.26. The number of likely N-dealkylation sites (tertiary alicyclic amines) is 1. The van der Waals surface area contributed by atoms with Gasteiger partial charge in [0.15, 0.2) is 0 Å². The van der Waals surface area contributed by atoms with Crippen molar-refractivity contribution in [3.05, 3.63) is 0 Å². The van der Waals surface area contributed by atoms with E-state index in [1.54, 1.807) is 0 Å². The zero-order valence-electron chi connectivity index (χ0n) is 13.8. The minimum atomic E-state index is 0. The fourth-order valence-corrected chi connectivity index (χ4v) is 3.18. The second-order valence-electron chi connectivity index (χ2n) is 5.99. The predicted molar refractivity (Wildman–Crippen MR) is 94.2 cm³/mol. The molecule has 22 heavy (non-hydrogen) atoms. The summed E-state index contributed by atoms with van der Waals surface area (Å²) in [6, 6.07) is 0.00718. The summed E-state index contributed by atoms with van der Waals surface area (Å²) >= 11 is 0. The van der Waals surface area contributed by atoms with Crippen LogP contribution in [0.3, 0.4) is 0 Å². The summed E-state index contributed by atoms with van der Waals surface area (Å²) < 4.78 is 5.35. The van der Waals surface area contributed by atoms with Gasteiger partial charge in [0.25, 0.3) is 0 Å². The molecular weight excluding hydrogens is 325 g/mol. The lowest BCUT2D eigenvalue weighted by atomic mass is 9.93. The summed E-state index contributed by atoms with van der Waals surface area (Å²) in [7, 11) is 2.00. The van der Waals surface area contributed by atoms with Crippen molar-refractivity contribution in [1.29, 1.82) is 0 Å². The highest BCUT2D eigenvalue weighted by Gasteiger charge is 2.29. The van der Waals surface area contributed by atoms with Crippen LogP contribution in [0.15, 0.2) is 0 Å². The molecule has 0 bridgehead atoms. The van der Waals surface area contributed by atoms with Crippen molar-refractivity contribution in [2.45, 2.75) is 32.2 Å². The topological polar surface area (TPSA) is 44.8 Å². The maximum Gasteiger partial charge on any atom is 0.239 e. The highest BCUT2D eigenvalue weighted by Crippen LogP contribution is 2.21. The van der Waals surface area contributed by atoms with Crippen LogP contribution in [0.5, 0.6) is 0 Å². The van der Waals surface area contributed by atoms with E-state index < -0.39 is 0 Å². The number of ether oxygens (including phenoxy) is 1. The Morgan fingerprint density at radius 2 is 1.77 bits per heavy atom. The van der Waals surface area contributed by atoms with Crippen molar-refractivity contribution in [3.63, 3.8) is 0 Å². The molecule has 0 aromatic rings. The van der Waals surface area contributed by atoms with Gasteiger partial charge in [0.1, 0.15) is 0 Å². The smallest absolute Gasteiger partial charge is 0.239 e. The first-order valence-corrected chi connectivity index (χ1v) is 7.97. The number of carbonyl (C=O) groups excluding carboxylic acids is 1. The molecule has 1 unspecified atom stereocenters. The Labute approximate surface area is 146 Å². The highest BCUT2D eigenvalue weighted by molar-refractivity contribution is 5.85. The molecule has 2 aliphatic rings. The number of carbonyl (C=O) groups is 1. The maximum absolute atomic E-state index is 12.5. The Balaban J connectivity index is 0.00000220. The van der Waals surface area contributed by atoms with Crippen LogP contribution in [0, 0.1) is 5.92 Å². The molecule has 1 amide bonds. The fraction of sp³-hybridized carbons (Fsp3) is 0.933. The third kappa shape index (κ3) is 6.20. The van der Waals surface area contributed by atoms with E-state index in [4.69, 9.17) is 4.74 Å². The predicted octanol–water partition coefficient (Wildman–Crippen LogP) is 1.40. The van der Waals surface area contributed by atoms with Crippen LogP contribution in [-0.2, 0) is 9.53 Å². The number of amides is 1. The van der Waals surface area contributed by atoms with Crippen molar-refractivity contribution in [2.75, 3.05) is 53.0 Å². The van der Waals surface area contributed by atoms with Gasteiger partial charge in [-0.15, -0.1) is 24.8 Å². The minimum absolute atomic E-state index is 0. The number of morpholine rings is 1. The van der Waals surface area contributed by atoms with Gasteiger partial charge in [-0.25, -0.2) is 0 Å². The molecule has 2 aliphatic heterocycles. The first kappa shape index (κ1) is 21.9. The van der Waals surface area contributed by atoms with Gasteiger partial charge in [-0.05, 0) is 45.7 Å². The van der Waals surface area contributed by atoms with Gasteiger partial charge in [0.2, 0.25) is 5.91 Å². The van der Waals surface area contributed by atoms with E-state index in [2.05, 4.69) is 15.1 Å². The number of rotatable bonds is 5. The molecule has 132 valence electrons. The molecule has 2 heterocycles. The lowest BCUT2D eigenvalue weighted by Crippen LogP contribution is -2.52. The van der Waals surface area contributed by atoms with E-state index in [-0.39, 0.29) is 30.9 Å². The first-order valence-electron chi connectivity index (χ1n) is 7.97. The number of halogens is 2. The summed E-state index contributed by atoms with van der Waals surface area (Å²) in [5, 5.41) is 3.21. The molecular formula is C15H31Cl2N3O2. The van der Waals surface area contributed by atoms with Crippen molar-refractivity contribution < 1.29 is 9.53 Å². The molecule has 2 rings (SSSR count). The third-order valence-electron chi connectivity index (χ3n) is 4.68. The molecule has 5 nitrogen and oxygen atoms in total. The number of hydrogen-bond donors (Lipinski definition) is 1. The summed E-state index contributed by atoms with van der Waals surface area (Å²) in [4.78, 5) is 16.9.